The zero-order chi connectivity index (χ0) is 17.4. The lowest BCUT2D eigenvalue weighted by Gasteiger charge is -2.41. The van der Waals surface area contributed by atoms with Crippen LogP contribution in [-0.4, -0.2) is 27.9 Å². The van der Waals surface area contributed by atoms with Gasteiger partial charge in [0.2, 0.25) is 0 Å². The molecule has 1 fully saturated rings. The highest BCUT2D eigenvalue weighted by atomic mass is 16.3. The predicted octanol–water partition coefficient (Wildman–Crippen LogP) is 3.36. The highest BCUT2D eigenvalue weighted by Crippen LogP contribution is 2.43. The van der Waals surface area contributed by atoms with Crippen molar-refractivity contribution in [1.82, 2.24) is 0 Å². The van der Waals surface area contributed by atoms with Crippen molar-refractivity contribution in [2.45, 2.75) is 31.3 Å². The van der Waals surface area contributed by atoms with Crippen LogP contribution < -0.4 is 0 Å². The van der Waals surface area contributed by atoms with Gasteiger partial charge in [-0.25, -0.2) is 0 Å². The van der Waals surface area contributed by atoms with Crippen molar-refractivity contribution in [3.63, 3.8) is 0 Å². The number of benzene rings is 2. The van der Waals surface area contributed by atoms with E-state index in [0.29, 0.717) is 24.3 Å². The summed E-state index contributed by atoms with van der Waals surface area (Å²) >= 11 is 0. The van der Waals surface area contributed by atoms with E-state index in [2.05, 4.69) is 10.2 Å². The van der Waals surface area contributed by atoms with Gasteiger partial charge in [-0.2, -0.15) is 5.10 Å². The van der Waals surface area contributed by atoms with Crippen LogP contribution in [0.2, 0.25) is 0 Å². The zero-order valence-electron chi connectivity index (χ0n) is 14.1. The van der Waals surface area contributed by atoms with Gasteiger partial charge in [-0.3, -0.25) is 4.79 Å². The van der Waals surface area contributed by atoms with E-state index in [1.165, 1.54) is 0 Å². The summed E-state index contributed by atoms with van der Waals surface area (Å²) in [7, 11) is 0. The number of hydrogen-bond donors (Lipinski definition) is 1. The molecule has 4 nitrogen and oxygen atoms in total. The van der Waals surface area contributed by atoms with Gasteiger partial charge in [0.25, 0.3) is 0 Å². The summed E-state index contributed by atoms with van der Waals surface area (Å²) in [6, 6.07) is 19.4. The van der Waals surface area contributed by atoms with Crippen LogP contribution in [0.15, 0.2) is 70.9 Å². The van der Waals surface area contributed by atoms with Crippen LogP contribution in [0.1, 0.15) is 36.8 Å². The third kappa shape index (κ3) is 2.94. The normalized spacial score (nSPS) is 28.8. The summed E-state index contributed by atoms with van der Waals surface area (Å²) in [5.41, 5.74) is 2.07. The smallest absolute Gasteiger partial charge is 0.193 e. The Balaban J connectivity index is 1.79. The minimum absolute atomic E-state index is 0.000512. The number of fused-ring (bicyclic) bond motifs is 1. The first-order chi connectivity index (χ1) is 12.1. The van der Waals surface area contributed by atoms with E-state index in [4.69, 9.17) is 0 Å². The number of rotatable bonds is 2. The molecule has 0 amide bonds. The second-order valence-corrected chi connectivity index (χ2v) is 7.14. The fourth-order valence-electron chi connectivity index (χ4n) is 3.95. The Kier molecular flexibility index (Phi) is 3.85. The molecule has 2 aliphatic rings. The number of carbonyl (C=O) groups excluding carboxylic acids is 1. The molecular formula is C21H20N2O2. The van der Waals surface area contributed by atoms with Gasteiger partial charge in [0.05, 0.1) is 17.2 Å². The van der Waals surface area contributed by atoms with Crippen LogP contribution in [0, 0.1) is 5.92 Å². The van der Waals surface area contributed by atoms with E-state index in [1.807, 2.05) is 67.6 Å². The Morgan fingerprint density at radius 2 is 1.64 bits per heavy atom. The van der Waals surface area contributed by atoms with Crippen LogP contribution in [-0.2, 0) is 4.79 Å². The number of carbonyl (C=O) groups is 1. The molecule has 1 heterocycles. The lowest BCUT2D eigenvalue weighted by atomic mass is 9.66. The predicted molar refractivity (Wildman–Crippen MR) is 98.0 cm³/mol. The van der Waals surface area contributed by atoms with Crippen molar-refractivity contribution in [3.8, 4) is 0 Å². The maximum absolute atomic E-state index is 13.3. The first-order valence-corrected chi connectivity index (χ1v) is 8.56. The van der Waals surface area contributed by atoms with E-state index < -0.39 is 5.60 Å². The van der Waals surface area contributed by atoms with Gasteiger partial charge in [-0.1, -0.05) is 60.7 Å². The minimum Gasteiger partial charge on any atom is -0.390 e. The van der Waals surface area contributed by atoms with Gasteiger partial charge in [-0.15, -0.1) is 5.10 Å². The second-order valence-electron chi connectivity index (χ2n) is 7.14. The van der Waals surface area contributed by atoms with Crippen molar-refractivity contribution in [2.75, 3.05) is 0 Å². The molecule has 2 aromatic rings. The maximum Gasteiger partial charge on any atom is 0.193 e. The molecule has 0 aromatic heterocycles. The maximum atomic E-state index is 13.3. The van der Waals surface area contributed by atoms with Gasteiger partial charge in [0.15, 0.2) is 5.78 Å². The van der Waals surface area contributed by atoms with Crippen molar-refractivity contribution in [2.24, 2.45) is 16.1 Å². The lowest BCUT2D eigenvalue weighted by Crippen LogP contribution is -2.47. The summed E-state index contributed by atoms with van der Waals surface area (Å²) in [5.74, 6) is -0.443. The van der Waals surface area contributed by atoms with E-state index in [0.717, 1.165) is 11.1 Å². The highest BCUT2D eigenvalue weighted by molar-refractivity contribution is 6.50. The topological polar surface area (TPSA) is 62.0 Å². The van der Waals surface area contributed by atoms with Crippen LogP contribution >= 0.6 is 0 Å². The van der Waals surface area contributed by atoms with Crippen LogP contribution in [0.3, 0.4) is 0 Å². The molecule has 25 heavy (non-hydrogen) atoms. The summed E-state index contributed by atoms with van der Waals surface area (Å²) in [6.45, 7) is 1.81. The molecule has 1 aliphatic heterocycles. The molecule has 126 valence electrons. The Labute approximate surface area is 146 Å². The SMILES string of the molecule is CC1(O)CC2=NN=C(c3ccccc3)C(=O)C2C(c2ccccc2)C1. The van der Waals surface area contributed by atoms with Gasteiger partial charge < -0.3 is 5.11 Å². The van der Waals surface area contributed by atoms with Gasteiger partial charge in [-0.05, 0) is 18.9 Å². The summed E-state index contributed by atoms with van der Waals surface area (Å²) in [6.07, 6.45) is 0.923. The standard InChI is InChI=1S/C21H20N2O2/c1-21(25)12-16(14-8-4-2-5-9-14)18-17(13-21)22-23-19(20(18)24)15-10-6-3-7-11-15/h2-11,16,18,25H,12-13H2,1H3. The molecule has 0 radical (unpaired) electrons. The lowest BCUT2D eigenvalue weighted by molar-refractivity contribution is -0.116. The van der Waals surface area contributed by atoms with Gasteiger partial charge >= 0.3 is 0 Å². The Bertz CT molecular complexity index is 854. The first kappa shape index (κ1) is 15.9. The monoisotopic (exact) mass is 332 g/mol. The molecule has 1 N–H and O–H groups in total. The number of hydrogen-bond acceptors (Lipinski definition) is 4. The zero-order valence-corrected chi connectivity index (χ0v) is 14.1. The Hall–Kier alpha value is -2.59. The first-order valence-electron chi connectivity index (χ1n) is 8.56. The van der Waals surface area contributed by atoms with Crippen LogP contribution in [0.25, 0.3) is 0 Å². The molecule has 1 saturated carbocycles. The Morgan fingerprint density at radius 3 is 2.32 bits per heavy atom. The van der Waals surface area contributed by atoms with Gasteiger partial charge in [0, 0.05) is 17.9 Å². The van der Waals surface area contributed by atoms with E-state index >= 15 is 0 Å². The van der Waals surface area contributed by atoms with Crippen LogP contribution in [0.5, 0.6) is 0 Å². The third-order valence-electron chi connectivity index (χ3n) is 5.05. The molecule has 3 atom stereocenters. The molecule has 0 spiro atoms. The fourth-order valence-corrected chi connectivity index (χ4v) is 3.95. The summed E-state index contributed by atoms with van der Waals surface area (Å²) in [4.78, 5) is 13.3. The van der Waals surface area contributed by atoms with E-state index in [9.17, 15) is 9.90 Å². The fraction of sp³-hybridized carbons (Fsp3) is 0.286. The molecule has 0 bridgehead atoms. The molecule has 1 aliphatic carbocycles. The Morgan fingerprint density at radius 1 is 1.00 bits per heavy atom. The molecule has 4 rings (SSSR count). The molecule has 2 aromatic carbocycles. The van der Waals surface area contributed by atoms with Crippen LogP contribution in [0.4, 0.5) is 0 Å². The van der Waals surface area contributed by atoms with Crippen molar-refractivity contribution < 1.29 is 9.90 Å². The number of nitrogens with zero attached hydrogens (tertiary/aromatic N) is 2. The third-order valence-corrected chi connectivity index (χ3v) is 5.05. The van der Waals surface area contributed by atoms with E-state index in [-0.39, 0.29) is 17.6 Å². The number of Topliss-reactive ketones (excluding diaryl/α,β-unsaturated/α-hetero) is 1. The van der Waals surface area contributed by atoms with Gasteiger partial charge in [0.1, 0.15) is 5.71 Å². The molecular weight excluding hydrogens is 312 g/mol. The highest BCUT2D eigenvalue weighted by Gasteiger charge is 2.47. The average molecular weight is 332 g/mol. The molecule has 0 saturated heterocycles. The van der Waals surface area contributed by atoms with E-state index in [1.54, 1.807) is 0 Å². The quantitative estimate of drug-likeness (QED) is 0.916. The second kappa shape index (κ2) is 6.05. The summed E-state index contributed by atoms with van der Waals surface area (Å²) < 4.78 is 0. The largest absolute Gasteiger partial charge is 0.390 e. The number of ketones is 1. The average Bonchev–Trinajstić information content (AvgIpc) is 2.62. The molecule has 4 heteroatoms. The summed E-state index contributed by atoms with van der Waals surface area (Å²) in [5, 5.41) is 19.2. The van der Waals surface area contributed by atoms with Crippen molar-refractivity contribution in [3.05, 3.63) is 71.8 Å². The minimum atomic E-state index is -0.879. The number of aliphatic hydroxyl groups is 1. The molecule has 3 unspecified atom stereocenters. The van der Waals surface area contributed by atoms with Crippen molar-refractivity contribution >= 4 is 17.2 Å². The van der Waals surface area contributed by atoms with Crippen molar-refractivity contribution in [1.29, 1.82) is 0 Å².